The molecule has 0 aliphatic carbocycles. The predicted molar refractivity (Wildman–Crippen MR) is 69.1 cm³/mol. The van der Waals surface area contributed by atoms with Crippen molar-refractivity contribution < 1.29 is 9.53 Å². The highest BCUT2D eigenvalue weighted by atomic mass is 16.5. The number of rotatable bonds is 6. The zero-order valence-corrected chi connectivity index (χ0v) is 10.4. The fourth-order valence-corrected chi connectivity index (χ4v) is 1.60. The van der Waals surface area contributed by atoms with Crippen molar-refractivity contribution in [2.45, 2.75) is 32.2 Å². The summed E-state index contributed by atoms with van der Waals surface area (Å²) in [7, 11) is 1.61. The number of hydrogen-bond acceptors (Lipinski definition) is 3. The third kappa shape index (κ3) is 4.87. The van der Waals surface area contributed by atoms with Gasteiger partial charge in [0, 0.05) is 18.2 Å². The zero-order valence-electron chi connectivity index (χ0n) is 10.4. The molecule has 0 bridgehead atoms. The van der Waals surface area contributed by atoms with Crippen molar-refractivity contribution in [3.05, 3.63) is 24.3 Å². The van der Waals surface area contributed by atoms with E-state index in [1.54, 1.807) is 7.11 Å². The number of carbonyl (C=O) groups excluding carboxylic acids is 1. The smallest absolute Gasteiger partial charge is 0.225 e. The minimum absolute atomic E-state index is 0.0453. The highest BCUT2D eigenvalue weighted by Gasteiger charge is 2.08. The lowest BCUT2D eigenvalue weighted by atomic mass is 10.1. The highest BCUT2D eigenvalue weighted by Crippen LogP contribution is 2.15. The van der Waals surface area contributed by atoms with Gasteiger partial charge < -0.3 is 15.8 Å². The van der Waals surface area contributed by atoms with E-state index in [2.05, 4.69) is 12.2 Å². The average Bonchev–Trinajstić information content (AvgIpc) is 2.30. The Balaban J connectivity index is 2.44. The van der Waals surface area contributed by atoms with E-state index in [0.717, 1.165) is 24.3 Å². The van der Waals surface area contributed by atoms with Gasteiger partial charge in [-0.15, -0.1) is 0 Å². The van der Waals surface area contributed by atoms with Crippen LogP contribution in [0.2, 0.25) is 0 Å². The van der Waals surface area contributed by atoms with Crippen molar-refractivity contribution in [2.24, 2.45) is 5.73 Å². The first kappa shape index (κ1) is 13.5. The molecule has 1 amide bonds. The Morgan fingerprint density at radius 2 is 2.06 bits per heavy atom. The van der Waals surface area contributed by atoms with Gasteiger partial charge in [-0.1, -0.05) is 13.3 Å². The van der Waals surface area contributed by atoms with Crippen molar-refractivity contribution in [1.82, 2.24) is 0 Å². The summed E-state index contributed by atoms with van der Waals surface area (Å²) in [4.78, 5) is 11.6. The molecule has 1 unspecified atom stereocenters. The van der Waals surface area contributed by atoms with Crippen LogP contribution in [0.4, 0.5) is 5.69 Å². The van der Waals surface area contributed by atoms with Crippen LogP contribution in [-0.4, -0.2) is 19.1 Å². The van der Waals surface area contributed by atoms with Gasteiger partial charge in [-0.2, -0.15) is 0 Å². The SMILES string of the molecule is CCCC(N)CC(=O)Nc1ccc(OC)cc1. The molecule has 1 aromatic carbocycles. The number of anilines is 1. The van der Waals surface area contributed by atoms with Crippen LogP contribution in [0, 0.1) is 0 Å². The average molecular weight is 236 g/mol. The Labute approximate surface area is 102 Å². The maximum absolute atomic E-state index is 11.6. The van der Waals surface area contributed by atoms with Crippen LogP contribution in [-0.2, 0) is 4.79 Å². The van der Waals surface area contributed by atoms with Gasteiger partial charge in [0.15, 0.2) is 0 Å². The van der Waals surface area contributed by atoms with E-state index in [4.69, 9.17) is 10.5 Å². The number of nitrogens with two attached hydrogens (primary N) is 1. The topological polar surface area (TPSA) is 64.4 Å². The van der Waals surface area contributed by atoms with E-state index in [-0.39, 0.29) is 11.9 Å². The van der Waals surface area contributed by atoms with E-state index >= 15 is 0 Å². The number of carbonyl (C=O) groups is 1. The van der Waals surface area contributed by atoms with E-state index in [1.165, 1.54) is 0 Å². The van der Waals surface area contributed by atoms with Crippen LogP contribution in [0.15, 0.2) is 24.3 Å². The van der Waals surface area contributed by atoms with Gasteiger partial charge in [0.2, 0.25) is 5.91 Å². The fourth-order valence-electron chi connectivity index (χ4n) is 1.60. The number of hydrogen-bond donors (Lipinski definition) is 2. The standard InChI is InChI=1S/C13H20N2O2/c1-3-4-10(14)9-13(16)15-11-5-7-12(17-2)8-6-11/h5-8,10H,3-4,9,14H2,1-2H3,(H,15,16). The second-order valence-electron chi connectivity index (χ2n) is 4.03. The van der Waals surface area contributed by atoms with Gasteiger partial charge in [-0.3, -0.25) is 4.79 Å². The van der Waals surface area contributed by atoms with Gasteiger partial charge in [-0.25, -0.2) is 0 Å². The maximum Gasteiger partial charge on any atom is 0.225 e. The second kappa shape index (κ2) is 6.91. The minimum Gasteiger partial charge on any atom is -0.497 e. The van der Waals surface area contributed by atoms with Crippen molar-refractivity contribution in [2.75, 3.05) is 12.4 Å². The van der Waals surface area contributed by atoms with Crippen molar-refractivity contribution in [1.29, 1.82) is 0 Å². The number of ether oxygens (including phenoxy) is 1. The molecule has 1 aromatic rings. The number of nitrogens with one attached hydrogen (secondary N) is 1. The Bertz CT molecular complexity index is 349. The van der Waals surface area contributed by atoms with Crippen molar-refractivity contribution in [3.63, 3.8) is 0 Å². The number of methoxy groups -OCH3 is 1. The van der Waals surface area contributed by atoms with Gasteiger partial charge in [0.1, 0.15) is 5.75 Å². The Morgan fingerprint density at radius 3 is 2.59 bits per heavy atom. The Kier molecular flexibility index (Phi) is 5.49. The van der Waals surface area contributed by atoms with Crippen LogP contribution < -0.4 is 15.8 Å². The molecule has 94 valence electrons. The van der Waals surface area contributed by atoms with Crippen LogP contribution >= 0.6 is 0 Å². The Morgan fingerprint density at radius 1 is 1.41 bits per heavy atom. The minimum atomic E-state index is -0.0572. The number of amides is 1. The first-order valence-corrected chi connectivity index (χ1v) is 5.85. The van der Waals surface area contributed by atoms with Gasteiger partial charge in [-0.05, 0) is 30.7 Å². The summed E-state index contributed by atoms with van der Waals surface area (Å²) in [5.41, 5.74) is 6.57. The Hall–Kier alpha value is -1.55. The fraction of sp³-hybridized carbons (Fsp3) is 0.462. The zero-order chi connectivity index (χ0) is 12.7. The molecule has 0 aliphatic rings. The lowest BCUT2D eigenvalue weighted by Gasteiger charge is -2.10. The van der Waals surface area contributed by atoms with Gasteiger partial charge in [0.05, 0.1) is 7.11 Å². The first-order chi connectivity index (χ1) is 8.15. The first-order valence-electron chi connectivity index (χ1n) is 5.85. The summed E-state index contributed by atoms with van der Waals surface area (Å²) >= 11 is 0. The quantitative estimate of drug-likeness (QED) is 0.795. The molecule has 0 radical (unpaired) electrons. The summed E-state index contributed by atoms with van der Waals surface area (Å²) in [5, 5.41) is 2.81. The summed E-state index contributed by atoms with van der Waals surface area (Å²) in [5.74, 6) is 0.724. The molecule has 0 spiro atoms. The monoisotopic (exact) mass is 236 g/mol. The van der Waals surface area contributed by atoms with Crippen LogP contribution in [0.5, 0.6) is 5.75 Å². The molecule has 17 heavy (non-hydrogen) atoms. The molecule has 4 heteroatoms. The molecule has 0 saturated carbocycles. The maximum atomic E-state index is 11.6. The summed E-state index contributed by atoms with van der Waals surface area (Å²) in [6, 6.07) is 7.17. The van der Waals surface area contributed by atoms with Crippen LogP contribution in [0.3, 0.4) is 0 Å². The molecule has 0 aliphatic heterocycles. The van der Waals surface area contributed by atoms with Crippen LogP contribution in [0.1, 0.15) is 26.2 Å². The molecule has 3 N–H and O–H groups in total. The summed E-state index contributed by atoms with van der Waals surface area (Å²) < 4.78 is 5.04. The second-order valence-corrected chi connectivity index (χ2v) is 4.03. The van der Waals surface area contributed by atoms with E-state index in [0.29, 0.717) is 6.42 Å². The van der Waals surface area contributed by atoms with Gasteiger partial charge in [0.25, 0.3) is 0 Å². The van der Waals surface area contributed by atoms with E-state index in [9.17, 15) is 4.79 Å². The molecule has 0 heterocycles. The molecule has 0 aromatic heterocycles. The van der Waals surface area contributed by atoms with E-state index < -0.39 is 0 Å². The van der Waals surface area contributed by atoms with Crippen molar-refractivity contribution >= 4 is 11.6 Å². The molecule has 4 nitrogen and oxygen atoms in total. The molecule has 0 saturated heterocycles. The summed E-state index contributed by atoms with van der Waals surface area (Å²) in [6.45, 7) is 2.06. The lowest BCUT2D eigenvalue weighted by Crippen LogP contribution is -2.26. The highest BCUT2D eigenvalue weighted by molar-refractivity contribution is 5.91. The molecular formula is C13H20N2O2. The summed E-state index contributed by atoms with van der Waals surface area (Å²) in [6.07, 6.45) is 2.23. The predicted octanol–water partition coefficient (Wildman–Crippen LogP) is 2.15. The lowest BCUT2D eigenvalue weighted by molar-refractivity contribution is -0.116. The largest absolute Gasteiger partial charge is 0.497 e. The number of benzene rings is 1. The van der Waals surface area contributed by atoms with Crippen molar-refractivity contribution in [3.8, 4) is 5.75 Å². The van der Waals surface area contributed by atoms with E-state index in [1.807, 2.05) is 24.3 Å². The molecule has 1 atom stereocenters. The van der Waals surface area contributed by atoms with Gasteiger partial charge >= 0.3 is 0 Å². The normalized spacial score (nSPS) is 11.9. The third-order valence-corrected chi connectivity index (χ3v) is 2.48. The molecular weight excluding hydrogens is 216 g/mol. The molecule has 0 fully saturated rings. The third-order valence-electron chi connectivity index (χ3n) is 2.48. The molecule has 1 rings (SSSR count). The van der Waals surface area contributed by atoms with Crippen LogP contribution in [0.25, 0.3) is 0 Å².